The zero-order valence-corrected chi connectivity index (χ0v) is 40.1. The van der Waals surface area contributed by atoms with Gasteiger partial charge in [0, 0.05) is 49.9 Å². The SMILES string of the molecule is Cc1cc(C)c([N+]2=CC(c3cccc4cccc(C)c34)=[N+](c3c(C)c(C)c([N+]4=C5C(=[N+](c6c(C)cc(C)cc6C)C4(C)C)c4cccc6cccc5c46)c(C)c3C)C2(C)C)c(C)c1. The van der Waals surface area contributed by atoms with Crippen molar-refractivity contribution in [3.8, 4) is 0 Å². The van der Waals surface area contributed by atoms with Gasteiger partial charge < -0.3 is 0 Å². The average molecular weight is 827 g/mol. The van der Waals surface area contributed by atoms with Crippen molar-refractivity contribution in [3.63, 3.8) is 0 Å². The fraction of sp³-hybridized carbons (Fsp3) is 0.288. The van der Waals surface area contributed by atoms with Crippen LogP contribution in [0, 0.1) is 76.2 Å². The molecule has 0 N–H and O–H groups in total. The van der Waals surface area contributed by atoms with Crippen LogP contribution in [0.2, 0.25) is 0 Å². The summed E-state index contributed by atoms with van der Waals surface area (Å²) >= 11 is 0. The largest absolute Gasteiger partial charge is 0.357 e. The molecule has 0 atom stereocenters. The average Bonchev–Trinajstić information content (AvgIpc) is 3.76. The quantitative estimate of drug-likeness (QED) is 0.153. The Morgan fingerprint density at radius 3 is 1.25 bits per heavy atom. The fourth-order valence-electron chi connectivity index (χ4n) is 12.3. The lowest BCUT2D eigenvalue weighted by Gasteiger charge is -2.24. The van der Waals surface area contributed by atoms with Crippen molar-refractivity contribution in [2.24, 2.45) is 0 Å². The third-order valence-corrected chi connectivity index (χ3v) is 14.9. The summed E-state index contributed by atoms with van der Waals surface area (Å²) in [6.07, 6.45) is 2.45. The van der Waals surface area contributed by atoms with Gasteiger partial charge in [-0.2, -0.15) is 0 Å². The van der Waals surface area contributed by atoms with Gasteiger partial charge in [-0.05, 0) is 140 Å². The normalized spacial score (nSPS) is 16.3. The molecule has 0 radical (unpaired) electrons. The van der Waals surface area contributed by atoms with Crippen LogP contribution in [0.1, 0.15) is 106 Å². The number of aryl methyl sites for hydroxylation is 7. The molecule has 0 unspecified atom stereocenters. The van der Waals surface area contributed by atoms with E-state index in [0.29, 0.717) is 0 Å². The second-order valence-electron chi connectivity index (χ2n) is 20.0. The maximum absolute atomic E-state index is 2.72. The van der Waals surface area contributed by atoms with Gasteiger partial charge in [0.15, 0.2) is 0 Å². The van der Waals surface area contributed by atoms with Crippen molar-refractivity contribution in [3.05, 3.63) is 175 Å². The van der Waals surface area contributed by atoms with Crippen LogP contribution < -0.4 is 0 Å². The van der Waals surface area contributed by atoms with E-state index >= 15 is 0 Å². The van der Waals surface area contributed by atoms with Crippen molar-refractivity contribution in [1.82, 2.24) is 0 Å². The van der Waals surface area contributed by atoms with E-state index in [4.69, 9.17) is 0 Å². The van der Waals surface area contributed by atoms with E-state index in [-0.39, 0.29) is 0 Å². The van der Waals surface area contributed by atoms with E-state index in [1.165, 1.54) is 139 Å². The smallest absolute Gasteiger partial charge is 0.128 e. The minimum atomic E-state index is -0.455. The van der Waals surface area contributed by atoms with Crippen LogP contribution in [0.3, 0.4) is 0 Å². The molecule has 4 nitrogen and oxygen atoms in total. The minimum absolute atomic E-state index is 0.448. The molecule has 3 aliphatic rings. The number of nitrogens with zero attached hydrogens (tertiary/aromatic N) is 4. The van der Waals surface area contributed by atoms with Gasteiger partial charge in [0.05, 0.1) is 44.4 Å². The molecule has 2 aliphatic heterocycles. The molecule has 7 aromatic rings. The molecule has 2 heterocycles. The molecule has 7 aromatic carbocycles. The molecule has 0 spiro atoms. The highest BCUT2D eigenvalue weighted by Crippen LogP contribution is 2.49. The zero-order valence-electron chi connectivity index (χ0n) is 40.1. The molecule has 1 aliphatic carbocycles. The molecule has 10 rings (SSSR count). The van der Waals surface area contributed by atoms with Crippen molar-refractivity contribution >= 4 is 67.6 Å². The highest BCUT2D eigenvalue weighted by Gasteiger charge is 2.62. The summed E-state index contributed by atoms with van der Waals surface area (Å²) in [5.41, 5.74) is 26.2. The molecular weight excluding hydrogens is 765 g/mol. The van der Waals surface area contributed by atoms with Crippen LogP contribution in [0.15, 0.2) is 97.1 Å². The molecule has 63 heavy (non-hydrogen) atoms. The Labute approximate surface area is 374 Å². The first-order valence-corrected chi connectivity index (χ1v) is 22.8. The molecular formula is C59H62N4+4. The lowest BCUT2D eigenvalue weighted by molar-refractivity contribution is -0.742. The maximum atomic E-state index is 2.72. The summed E-state index contributed by atoms with van der Waals surface area (Å²) in [7, 11) is 0. The second kappa shape index (κ2) is 13.9. The third-order valence-electron chi connectivity index (χ3n) is 14.9. The van der Waals surface area contributed by atoms with Crippen LogP contribution in [0.4, 0.5) is 22.7 Å². The van der Waals surface area contributed by atoms with E-state index in [0.717, 1.165) is 0 Å². The molecule has 0 saturated carbocycles. The molecule has 0 saturated heterocycles. The number of fused-ring (bicyclic) bond motifs is 4. The minimum Gasteiger partial charge on any atom is -0.128 e. The Kier molecular flexibility index (Phi) is 8.98. The van der Waals surface area contributed by atoms with Gasteiger partial charge >= 0.3 is 11.3 Å². The second-order valence-corrected chi connectivity index (χ2v) is 20.0. The van der Waals surface area contributed by atoms with Gasteiger partial charge in [-0.3, -0.25) is 0 Å². The summed E-state index contributed by atoms with van der Waals surface area (Å²) in [6, 6.07) is 36.6. The molecule has 4 heteroatoms. The lowest BCUT2D eigenvalue weighted by atomic mass is 9.92. The Hall–Kier alpha value is -6.26. The number of hydrogen-bond donors (Lipinski definition) is 0. The zero-order chi connectivity index (χ0) is 44.8. The van der Waals surface area contributed by atoms with E-state index in [1.54, 1.807) is 0 Å². The Bertz CT molecular complexity index is 3290. The topological polar surface area (TPSA) is 12.0 Å². The third kappa shape index (κ3) is 5.59. The van der Waals surface area contributed by atoms with Crippen molar-refractivity contribution in [2.45, 2.75) is 115 Å². The Morgan fingerprint density at radius 2 is 0.762 bits per heavy atom. The first-order chi connectivity index (χ1) is 29.9. The number of benzene rings is 7. The maximum Gasteiger partial charge on any atom is 0.357 e. The molecule has 0 fully saturated rings. The van der Waals surface area contributed by atoms with Crippen LogP contribution in [-0.4, -0.2) is 53.0 Å². The van der Waals surface area contributed by atoms with Crippen molar-refractivity contribution in [1.29, 1.82) is 0 Å². The van der Waals surface area contributed by atoms with Gasteiger partial charge in [-0.15, -0.1) is 18.3 Å². The number of hydrogen-bond acceptors (Lipinski definition) is 0. The van der Waals surface area contributed by atoms with Crippen LogP contribution in [0.25, 0.3) is 21.5 Å². The van der Waals surface area contributed by atoms with Crippen LogP contribution >= 0.6 is 0 Å². The molecule has 314 valence electrons. The first kappa shape index (κ1) is 40.8. The highest BCUT2D eigenvalue weighted by atomic mass is 15.4. The Balaban J connectivity index is 1.29. The molecule has 0 bridgehead atoms. The van der Waals surface area contributed by atoms with Gasteiger partial charge in [0.1, 0.15) is 0 Å². The standard InChI is InChI=1S/C59H62N4/c1-33-28-36(4)52(37(5)29-33)60-32-49(46-25-17-22-44-21-16-20-35(3)50(44)46)61(58(60,12)13)54-40(8)42(10)55(43(11)41(54)9)63-57-48-27-19-24-45-23-18-26-47(51(45)48)56(57)62(59(63,14)15)53-38(6)30-34(2)31-39(53)7/h16-32H,1-15H3/q+4. The van der Waals surface area contributed by atoms with E-state index in [9.17, 15) is 0 Å². The van der Waals surface area contributed by atoms with Crippen LogP contribution in [0.5, 0.6) is 0 Å². The van der Waals surface area contributed by atoms with Gasteiger partial charge in [-0.25, -0.2) is 0 Å². The molecule has 0 amide bonds. The summed E-state index contributed by atoms with van der Waals surface area (Å²) in [6.45, 7) is 35.0. The summed E-state index contributed by atoms with van der Waals surface area (Å²) < 4.78 is 10.6. The predicted molar refractivity (Wildman–Crippen MR) is 266 cm³/mol. The summed E-state index contributed by atoms with van der Waals surface area (Å²) in [4.78, 5) is 0. The van der Waals surface area contributed by atoms with Crippen LogP contribution in [-0.2, 0) is 0 Å². The highest BCUT2D eigenvalue weighted by molar-refractivity contribution is 6.58. The van der Waals surface area contributed by atoms with Crippen molar-refractivity contribution < 1.29 is 18.3 Å². The van der Waals surface area contributed by atoms with Gasteiger partial charge in [-0.1, -0.05) is 65.7 Å². The Morgan fingerprint density at radius 1 is 0.365 bits per heavy atom. The summed E-state index contributed by atoms with van der Waals surface area (Å²) in [5, 5.41) is 5.20. The van der Waals surface area contributed by atoms with E-state index in [2.05, 4.69) is 225 Å². The fourth-order valence-corrected chi connectivity index (χ4v) is 12.3. The lowest BCUT2D eigenvalue weighted by Crippen LogP contribution is -2.42. The predicted octanol–water partition coefficient (Wildman–Crippen LogP) is 13.7. The van der Waals surface area contributed by atoms with E-state index < -0.39 is 11.3 Å². The first-order valence-electron chi connectivity index (χ1n) is 22.8. The van der Waals surface area contributed by atoms with Gasteiger partial charge in [0.2, 0.25) is 29.0 Å². The monoisotopic (exact) mass is 826 g/mol. The molecule has 0 aromatic heterocycles. The summed E-state index contributed by atoms with van der Waals surface area (Å²) in [5.74, 6) is 0. The van der Waals surface area contributed by atoms with E-state index in [1.807, 2.05) is 0 Å². The van der Waals surface area contributed by atoms with Gasteiger partial charge in [0.25, 0.3) is 17.1 Å². The van der Waals surface area contributed by atoms with Crippen molar-refractivity contribution in [2.75, 3.05) is 0 Å². The number of rotatable bonds is 5.